The molecule has 1 aromatic rings. The van der Waals surface area contributed by atoms with E-state index in [1.807, 2.05) is 32.0 Å². The predicted molar refractivity (Wildman–Crippen MR) is 59.4 cm³/mol. The van der Waals surface area contributed by atoms with Crippen molar-refractivity contribution in [2.75, 3.05) is 7.11 Å². The molecule has 1 unspecified atom stereocenters. The number of ether oxygens (including phenoxy) is 2. The third-order valence-electron chi connectivity index (χ3n) is 2.03. The Morgan fingerprint density at radius 3 is 2.33 bits per heavy atom. The zero-order chi connectivity index (χ0) is 11.4. The molecular formula is C12H18O3. The van der Waals surface area contributed by atoms with Gasteiger partial charge in [0.15, 0.2) is 11.5 Å². The summed E-state index contributed by atoms with van der Waals surface area (Å²) in [7, 11) is 1.59. The van der Waals surface area contributed by atoms with Gasteiger partial charge in [0.2, 0.25) is 0 Å². The van der Waals surface area contributed by atoms with Crippen LogP contribution in [0.1, 0.15) is 32.4 Å². The maximum Gasteiger partial charge on any atom is 0.167 e. The molecule has 0 saturated heterocycles. The van der Waals surface area contributed by atoms with E-state index in [2.05, 4.69) is 0 Å². The minimum Gasteiger partial charge on any atom is -0.493 e. The molecular weight excluding hydrogens is 192 g/mol. The average Bonchev–Trinajstić information content (AvgIpc) is 2.16. The summed E-state index contributed by atoms with van der Waals surface area (Å²) in [5, 5.41) is 9.60. The van der Waals surface area contributed by atoms with E-state index in [1.54, 1.807) is 14.0 Å². The second-order valence-corrected chi connectivity index (χ2v) is 3.72. The van der Waals surface area contributed by atoms with Crippen molar-refractivity contribution in [3.8, 4) is 11.5 Å². The number of hydrogen-bond acceptors (Lipinski definition) is 3. The molecule has 84 valence electrons. The third kappa shape index (κ3) is 2.86. The number of para-hydroxylation sites is 1. The molecule has 0 bridgehead atoms. The van der Waals surface area contributed by atoms with E-state index in [0.717, 1.165) is 5.56 Å². The van der Waals surface area contributed by atoms with Gasteiger partial charge >= 0.3 is 0 Å². The van der Waals surface area contributed by atoms with E-state index < -0.39 is 6.10 Å². The SMILES string of the molecule is COc1cccc(C(C)O)c1OC(C)C. The third-order valence-corrected chi connectivity index (χ3v) is 2.03. The maximum atomic E-state index is 9.60. The Bertz CT molecular complexity index is 319. The highest BCUT2D eigenvalue weighted by Crippen LogP contribution is 2.35. The molecule has 1 N–H and O–H groups in total. The van der Waals surface area contributed by atoms with Crippen LogP contribution >= 0.6 is 0 Å². The molecule has 0 spiro atoms. The van der Waals surface area contributed by atoms with Crippen molar-refractivity contribution < 1.29 is 14.6 Å². The van der Waals surface area contributed by atoms with Gasteiger partial charge in [0, 0.05) is 5.56 Å². The molecule has 0 saturated carbocycles. The van der Waals surface area contributed by atoms with Gasteiger partial charge in [0.25, 0.3) is 0 Å². The van der Waals surface area contributed by atoms with Gasteiger partial charge < -0.3 is 14.6 Å². The van der Waals surface area contributed by atoms with E-state index in [1.165, 1.54) is 0 Å². The minimum absolute atomic E-state index is 0.0544. The Morgan fingerprint density at radius 2 is 1.87 bits per heavy atom. The molecule has 0 aliphatic heterocycles. The molecule has 0 amide bonds. The van der Waals surface area contributed by atoms with Gasteiger partial charge in [-0.2, -0.15) is 0 Å². The predicted octanol–water partition coefficient (Wildman–Crippen LogP) is 2.54. The number of aliphatic hydroxyl groups is 1. The van der Waals surface area contributed by atoms with Crippen molar-refractivity contribution in [1.82, 2.24) is 0 Å². The first kappa shape index (κ1) is 11.9. The molecule has 0 radical (unpaired) electrons. The fraction of sp³-hybridized carbons (Fsp3) is 0.500. The minimum atomic E-state index is -0.561. The van der Waals surface area contributed by atoms with Crippen molar-refractivity contribution in [2.24, 2.45) is 0 Å². The summed E-state index contributed by atoms with van der Waals surface area (Å²) >= 11 is 0. The Balaban J connectivity index is 3.14. The van der Waals surface area contributed by atoms with E-state index in [-0.39, 0.29) is 6.10 Å². The van der Waals surface area contributed by atoms with E-state index in [9.17, 15) is 5.11 Å². The van der Waals surface area contributed by atoms with Crippen molar-refractivity contribution >= 4 is 0 Å². The van der Waals surface area contributed by atoms with Crippen LogP contribution in [0.3, 0.4) is 0 Å². The quantitative estimate of drug-likeness (QED) is 0.830. The molecule has 1 rings (SSSR count). The monoisotopic (exact) mass is 210 g/mol. The Morgan fingerprint density at radius 1 is 1.20 bits per heavy atom. The number of methoxy groups -OCH3 is 1. The fourth-order valence-corrected chi connectivity index (χ4v) is 1.38. The van der Waals surface area contributed by atoms with Gasteiger partial charge in [-0.3, -0.25) is 0 Å². The van der Waals surface area contributed by atoms with Crippen LogP contribution in [-0.4, -0.2) is 18.3 Å². The number of aliphatic hydroxyl groups excluding tert-OH is 1. The van der Waals surface area contributed by atoms with E-state index in [0.29, 0.717) is 11.5 Å². The van der Waals surface area contributed by atoms with Crippen molar-refractivity contribution in [3.63, 3.8) is 0 Å². The lowest BCUT2D eigenvalue weighted by molar-refractivity contribution is 0.179. The summed E-state index contributed by atoms with van der Waals surface area (Å²) in [5.74, 6) is 1.28. The van der Waals surface area contributed by atoms with Gasteiger partial charge in [0.05, 0.1) is 19.3 Å². The summed E-state index contributed by atoms with van der Waals surface area (Å²) in [6.07, 6.45) is -0.507. The smallest absolute Gasteiger partial charge is 0.167 e. The van der Waals surface area contributed by atoms with Crippen LogP contribution in [0.15, 0.2) is 18.2 Å². The largest absolute Gasteiger partial charge is 0.493 e. The van der Waals surface area contributed by atoms with Gasteiger partial charge in [-0.25, -0.2) is 0 Å². The highest BCUT2D eigenvalue weighted by molar-refractivity contribution is 5.47. The van der Waals surface area contributed by atoms with E-state index >= 15 is 0 Å². The second kappa shape index (κ2) is 5.03. The summed E-state index contributed by atoms with van der Waals surface area (Å²) in [6.45, 7) is 5.60. The van der Waals surface area contributed by atoms with Gasteiger partial charge in [-0.05, 0) is 26.8 Å². The number of hydrogen-bond donors (Lipinski definition) is 1. The lowest BCUT2D eigenvalue weighted by Gasteiger charge is -2.18. The molecule has 0 aromatic heterocycles. The number of benzene rings is 1. The topological polar surface area (TPSA) is 38.7 Å². The molecule has 1 aromatic carbocycles. The van der Waals surface area contributed by atoms with E-state index in [4.69, 9.17) is 9.47 Å². The summed E-state index contributed by atoms with van der Waals surface area (Å²) in [5.41, 5.74) is 0.753. The average molecular weight is 210 g/mol. The Labute approximate surface area is 90.6 Å². The molecule has 0 heterocycles. The first-order valence-corrected chi connectivity index (χ1v) is 5.08. The standard InChI is InChI=1S/C12H18O3/c1-8(2)15-12-10(9(3)13)6-5-7-11(12)14-4/h5-9,13H,1-4H3. The second-order valence-electron chi connectivity index (χ2n) is 3.72. The molecule has 0 fully saturated rings. The normalized spacial score (nSPS) is 12.7. The van der Waals surface area contributed by atoms with Crippen molar-refractivity contribution in [2.45, 2.75) is 33.0 Å². The molecule has 1 atom stereocenters. The van der Waals surface area contributed by atoms with Crippen molar-refractivity contribution in [1.29, 1.82) is 0 Å². The lowest BCUT2D eigenvalue weighted by atomic mass is 10.1. The zero-order valence-corrected chi connectivity index (χ0v) is 9.65. The maximum absolute atomic E-state index is 9.60. The molecule has 3 nitrogen and oxygen atoms in total. The van der Waals surface area contributed by atoms with Crippen LogP contribution in [0.2, 0.25) is 0 Å². The van der Waals surface area contributed by atoms with Gasteiger partial charge in [-0.15, -0.1) is 0 Å². The van der Waals surface area contributed by atoms with Crippen LogP contribution in [-0.2, 0) is 0 Å². The Kier molecular flexibility index (Phi) is 3.97. The van der Waals surface area contributed by atoms with Crippen molar-refractivity contribution in [3.05, 3.63) is 23.8 Å². The zero-order valence-electron chi connectivity index (χ0n) is 9.65. The van der Waals surface area contributed by atoms with Crippen LogP contribution in [0, 0.1) is 0 Å². The molecule has 0 aliphatic carbocycles. The highest BCUT2D eigenvalue weighted by Gasteiger charge is 2.15. The fourth-order valence-electron chi connectivity index (χ4n) is 1.38. The molecule has 0 aliphatic rings. The summed E-state index contributed by atoms with van der Waals surface area (Å²) < 4.78 is 10.8. The highest BCUT2D eigenvalue weighted by atomic mass is 16.5. The van der Waals surface area contributed by atoms with Crippen LogP contribution in [0.5, 0.6) is 11.5 Å². The summed E-state index contributed by atoms with van der Waals surface area (Å²) in [4.78, 5) is 0. The first-order valence-electron chi connectivity index (χ1n) is 5.08. The molecule has 3 heteroatoms. The van der Waals surface area contributed by atoms with Gasteiger partial charge in [0.1, 0.15) is 0 Å². The van der Waals surface area contributed by atoms with Crippen LogP contribution in [0.25, 0.3) is 0 Å². The summed E-state index contributed by atoms with van der Waals surface area (Å²) in [6, 6.07) is 5.50. The lowest BCUT2D eigenvalue weighted by Crippen LogP contribution is -2.09. The van der Waals surface area contributed by atoms with Crippen LogP contribution < -0.4 is 9.47 Å². The van der Waals surface area contributed by atoms with Crippen LogP contribution in [0.4, 0.5) is 0 Å². The Hall–Kier alpha value is -1.22. The first-order chi connectivity index (χ1) is 7.06. The van der Waals surface area contributed by atoms with Gasteiger partial charge in [-0.1, -0.05) is 12.1 Å². The molecule has 15 heavy (non-hydrogen) atoms. The number of rotatable bonds is 4.